The quantitative estimate of drug-likeness (QED) is 0.570. The van der Waals surface area contributed by atoms with Crippen LogP contribution in [0.25, 0.3) is 0 Å². The second-order valence-corrected chi connectivity index (χ2v) is 2.02. The summed E-state index contributed by atoms with van der Waals surface area (Å²) in [6.45, 7) is 0. The molecule has 0 aliphatic rings. The van der Waals surface area contributed by atoms with E-state index in [0.29, 0.717) is 11.2 Å². The second-order valence-electron chi connectivity index (χ2n) is 2.02. The fourth-order valence-corrected chi connectivity index (χ4v) is 0.726. The normalized spacial score (nSPS) is 9.09. The minimum atomic E-state index is -1.11. The van der Waals surface area contributed by atoms with E-state index in [1.165, 1.54) is 0 Å². The number of nitrogens with one attached hydrogen (secondary N) is 1. The van der Waals surface area contributed by atoms with Gasteiger partial charge in [-0.2, -0.15) is 0 Å². The molecule has 1 aromatic carbocycles. The molecule has 4 heteroatoms. The Labute approximate surface area is 65.5 Å². The lowest BCUT2D eigenvalue weighted by Gasteiger charge is -2.03. The Balaban J connectivity index is 2.86. The third-order valence-corrected chi connectivity index (χ3v) is 1.20. The van der Waals surface area contributed by atoms with Crippen molar-refractivity contribution in [2.75, 3.05) is 5.32 Å². The zero-order valence-electron chi connectivity index (χ0n) is 5.74. The molecule has 1 rings (SSSR count). The second kappa shape index (κ2) is 3.10. The number of hydrogen-bond donors (Lipinski definition) is 2. The standard InChI is InChI=1S/C7H6BNO2/c8-5-3-1-2-4-6(5)9-7(10)11/h1-4,9H,(H,10,11). The maximum atomic E-state index is 10.2. The Bertz CT molecular complexity index is 275. The Hall–Kier alpha value is -1.45. The minimum Gasteiger partial charge on any atom is -0.465 e. The van der Waals surface area contributed by atoms with Gasteiger partial charge in [0.2, 0.25) is 0 Å². The van der Waals surface area contributed by atoms with E-state index in [4.69, 9.17) is 13.0 Å². The topological polar surface area (TPSA) is 49.3 Å². The summed E-state index contributed by atoms with van der Waals surface area (Å²) in [5.74, 6) is 0. The molecule has 0 fully saturated rings. The van der Waals surface area contributed by atoms with Gasteiger partial charge in [0.25, 0.3) is 0 Å². The summed E-state index contributed by atoms with van der Waals surface area (Å²) >= 11 is 0. The number of anilines is 1. The lowest BCUT2D eigenvalue weighted by Crippen LogP contribution is -2.16. The molecule has 0 aliphatic carbocycles. The van der Waals surface area contributed by atoms with E-state index in [2.05, 4.69) is 5.32 Å². The summed E-state index contributed by atoms with van der Waals surface area (Å²) in [6.07, 6.45) is -1.11. The number of hydrogen-bond acceptors (Lipinski definition) is 1. The highest BCUT2D eigenvalue weighted by Gasteiger charge is 1.98. The Morgan fingerprint density at radius 1 is 1.45 bits per heavy atom. The van der Waals surface area contributed by atoms with Crippen LogP contribution in [0.15, 0.2) is 24.3 Å². The third-order valence-electron chi connectivity index (χ3n) is 1.20. The summed E-state index contributed by atoms with van der Waals surface area (Å²) in [7, 11) is 5.44. The average Bonchev–Trinajstić information content (AvgIpc) is 1.93. The number of rotatable bonds is 1. The van der Waals surface area contributed by atoms with Gasteiger partial charge in [-0.15, -0.1) is 0 Å². The number of para-hydroxylation sites is 1. The first-order chi connectivity index (χ1) is 5.20. The van der Waals surface area contributed by atoms with Crippen molar-refractivity contribution >= 4 is 25.1 Å². The summed E-state index contributed by atoms with van der Waals surface area (Å²) in [6, 6.07) is 6.68. The summed E-state index contributed by atoms with van der Waals surface area (Å²) in [4.78, 5) is 10.2. The zero-order valence-corrected chi connectivity index (χ0v) is 5.74. The van der Waals surface area contributed by atoms with Crippen LogP contribution < -0.4 is 10.8 Å². The molecule has 54 valence electrons. The van der Waals surface area contributed by atoms with Gasteiger partial charge in [0.05, 0.1) is 0 Å². The molecule has 0 saturated carbocycles. The first-order valence-electron chi connectivity index (χ1n) is 3.04. The van der Waals surface area contributed by atoms with Gasteiger partial charge in [-0.25, -0.2) is 4.79 Å². The van der Waals surface area contributed by atoms with E-state index >= 15 is 0 Å². The van der Waals surface area contributed by atoms with Gasteiger partial charge in [0, 0.05) is 5.69 Å². The molecular weight excluding hydrogens is 141 g/mol. The van der Waals surface area contributed by atoms with Crippen LogP contribution in [-0.2, 0) is 0 Å². The summed E-state index contributed by atoms with van der Waals surface area (Å²) in [5.41, 5.74) is 0.843. The van der Waals surface area contributed by atoms with Crippen LogP contribution in [-0.4, -0.2) is 19.0 Å². The summed E-state index contributed by atoms with van der Waals surface area (Å²) in [5, 5.41) is 10.5. The van der Waals surface area contributed by atoms with Crippen molar-refractivity contribution in [2.45, 2.75) is 0 Å². The molecule has 0 unspecified atom stereocenters. The van der Waals surface area contributed by atoms with Crippen molar-refractivity contribution in [2.24, 2.45) is 0 Å². The highest BCUT2D eigenvalue weighted by molar-refractivity contribution is 6.36. The smallest absolute Gasteiger partial charge is 0.409 e. The average molecular weight is 147 g/mol. The molecule has 0 bridgehead atoms. The molecule has 0 saturated heterocycles. The Morgan fingerprint density at radius 2 is 2.09 bits per heavy atom. The van der Waals surface area contributed by atoms with Gasteiger partial charge in [-0.3, -0.25) is 5.32 Å². The minimum absolute atomic E-state index is 0.417. The van der Waals surface area contributed by atoms with Crippen molar-refractivity contribution in [1.29, 1.82) is 0 Å². The van der Waals surface area contributed by atoms with Gasteiger partial charge < -0.3 is 5.11 Å². The number of benzene rings is 1. The third kappa shape index (κ3) is 2.00. The lowest BCUT2D eigenvalue weighted by molar-refractivity contribution is 0.210. The molecule has 0 atom stereocenters. The fraction of sp³-hybridized carbons (Fsp3) is 0. The van der Waals surface area contributed by atoms with E-state index in [-0.39, 0.29) is 0 Å². The SMILES string of the molecule is [B]c1ccccc1NC(=O)O. The van der Waals surface area contributed by atoms with Crippen LogP contribution in [0, 0.1) is 0 Å². The van der Waals surface area contributed by atoms with Crippen molar-refractivity contribution < 1.29 is 9.90 Å². The molecule has 3 nitrogen and oxygen atoms in total. The maximum absolute atomic E-state index is 10.2. The number of amides is 1. The van der Waals surface area contributed by atoms with Gasteiger partial charge in [0.15, 0.2) is 0 Å². The molecule has 11 heavy (non-hydrogen) atoms. The molecule has 2 radical (unpaired) electrons. The van der Waals surface area contributed by atoms with Gasteiger partial charge in [-0.1, -0.05) is 23.7 Å². The Kier molecular flexibility index (Phi) is 2.16. The fourth-order valence-electron chi connectivity index (χ4n) is 0.726. The number of carboxylic acid groups (broad SMARTS) is 1. The van der Waals surface area contributed by atoms with Gasteiger partial charge in [-0.05, 0) is 6.07 Å². The van der Waals surface area contributed by atoms with Crippen LogP contribution in [0.2, 0.25) is 0 Å². The molecule has 0 heterocycles. The Morgan fingerprint density at radius 3 is 2.64 bits per heavy atom. The van der Waals surface area contributed by atoms with Crippen molar-refractivity contribution in [3.8, 4) is 0 Å². The number of carbonyl (C=O) groups is 1. The molecule has 0 aliphatic heterocycles. The van der Waals surface area contributed by atoms with E-state index in [1.807, 2.05) is 0 Å². The lowest BCUT2D eigenvalue weighted by atomic mass is 9.94. The van der Waals surface area contributed by atoms with Gasteiger partial charge >= 0.3 is 6.09 Å². The predicted octanol–water partition coefficient (Wildman–Crippen LogP) is 0.570. The van der Waals surface area contributed by atoms with Gasteiger partial charge in [0.1, 0.15) is 7.85 Å². The van der Waals surface area contributed by atoms with Crippen LogP contribution in [0.5, 0.6) is 0 Å². The highest BCUT2D eigenvalue weighted by Crippen LogP contribution is 1.99. The van der Waals surface area contributed by atoms with Crippen LogP contribution >= 0.6 is 0 Å². The van der Waals surface area contributed by atoms with Crippen LogP contribution in [0.1, 0.15) is 0 Å². The van der Waals surface area contributed by atoms with Crippen LogP contribution in [0.3, 0.4) is 0 Å². The molecule has 1 aromatic rings. The molecular formula is C7H6BNO2. The molecule has 2 N–H and O–H groups in total. The first kappa shape index (κ1) is 7.66. The van der Waals surface area contributed by atoms with Crippen molar-refractivity contribution in [1.82, 2.24) is 0 Å². The van der Waals surface area contributed by atoms with E-state index in [1.54, 1.807) is 24.3 Å². The molecule has 0 aromatic heterocycles. The maximum Gasteiger partial charge on any atom is 0.409 e. The molecule has 1 amide bonds. The van der Waals surface area contributed by atoms with E-state index in [9.17, 15) is 4.79 Å². The van der Waals surface area contributed by atoms with Crippen molar-refractivity contribution in [3.63, 3.8) is 0 Å². The predicted molar refractivity (Wildman–Crippen MR) is 43.5 cm³/mol. The largest absolute Gasteiger partial charge is 0.465 e. The van der Waals surface area contributed by atoms with E-state index < -0.39 is 6.09 Å². The van der Waals surface area contributed by atoms with Crippen LogP contribution in [0.4, 0.5) is 10.5 Å². The van der Waals surface area contributed by atoms with E-state index in [0.717, 1.165) is 0 Å². The first-order valence-corrected chi connectivity index (χ1v) is 3.04. The zero-order chi connectivity index (χ0) is 8.27. The molecule has 0 spiro atoms. The monoisotopic (exact) mass is 147 g/mol. The summed E-state index contributed by atoms with van der Waals surface area (Å²) < 4.78 is 0. The van der Waals surface area contributed by atoms with Crippen molar-refractivity contribution in [3.05, 3.63) is 24.3 Å². The highest BCUT2D eigenvalue weighted by atomic mass is 16.4.